The summed E-state index contributed by atoms with van der Waals surface area (Å²) in [4.78, 5) is 10.3. The van der Waals surface area contributed by atoms with Crippen LogP contribution in [-0.2, 0) is 4.79 Å². The van der Waals surface area contributed by atoms with E-state index in [1.54, 1.807) is 0 Å². The molecule has 0 aromatic carbocycles. The van der Waals surface area contributed by atoms with E-state index in [0.29, 0.717) is 0 Å². The van der Waals surface area contributed by atoms with Gasteiger partial charge in [0, 0.05) is 0 Å². The van der Waals surface area contributed by atoms with E-state index in [0.717, 1.165) is 0 Å². The van der Waals surface area contributed by atoms with Crippen LogP contribution in [0.2, 0.25) is 0 Å². The first-order valence-electron chi connectivity index (χ1n) is 3.29. The minimum absolute atomic E-state index is 1.18. The predicted molar refractivity (Wildman–Crippen MR) is 40.6 cm³/mol. The minimum atomic E-state index is -1.88. The Morgan fingerprint density at radius 3 is 1.83 bits per heavy atom. The Hall–Kier alpha value is -0.200. The molecule has 72 valence electrons. The van der Waals surface area contributed by atoms with Crippen LogP contribution in [0.5, 0.6) is 0 Å². The van der Waals surface area contributed by atoms with Crippen LogP contribution in [0.4, 0.5) is 0 Å². The number of aliphatic hydroxyl groups is 4. The summed E-state index contributed by atoms with van der Waals surface area (Å²) in [5.74, 6) is 0. The molecule has 0 unspecified atom stereocenters. The summed E-state index contributed by atoms with van der Waals surface area (Å²) >= 11 is 4.83. The van der Waals surface area contributed by atoms with Crippen molar-refractivity contribution in [2.45, 2.75) is 31.3 Å². The number of carbonyl (C=O) groups is 1. The predicted octanol–water partition coefficient (Wildman–Crippen LogP) is -1.78. The number of halogens is 1. The number of hydrogen-bond donors (Lipinski definition) is 4. The molecule has 0 aromatic rings. The van der Waals surface area contributed by atoms with E-state index in [4.69, 9.17) is 32.0 Å². The molecule has 0 aliphatic carbocycles. The molecule has 0 fully saturated rings. The Morgan fingerprint density at radius 1 is 1.17 bits per heavy atom. The standard InChI is InChI=1S/C6H11ClO5/c1-2(8)3(9)4(10)5(11)6(7)12/h2-5,8-11H,1H3/t2-,3+,4+,5-/m0/s1. The van der Waals surface area contributed by atoms with Gasteiger partial charge in [0.1, 0.15) is 12.2 Å². The molecule has 0 aliphatic rings. The Bertz CT molecular complexity index is 160. The van der Waals surface area contributed by atoms with E-state index in [2.05, 4.69) is 0 Å². The van der Waals surface area contributed by atoms with E-state index < -0.39 is 29.7 Å². The molecule has 4 N–H and O–H groups in total. The Labute approximate surface area is 74.2 Å². The fourth-order valence-corrected chi connectivity index (χ4v) is 0.735. The van der Waals surface area contributed by atoms with E-state index in [1.165, 1.54) is 6.92 Å². The van der Waals surface area contributed by atoms with Gasteiger partial charge in [0.05, 0.1) is 6.10 Å². The zero-order valence-electron chi connectivity index (χ0n) is 6.38. The van der Waals surface area contributed by atoms with Crippen LogP contribution in [0, 0.1) is 0 Å². The third-order valence-corrected chi connectivity index (χ3v) is 1.62. The smallest absolute Gasteiger partial charge is 0.253 e. The molecule has 0 aliphatic heterocycles. The van der Waals surface area contributed by atoms with Gasteiger partial charge in [-0.2, -0.15) is 0 Å². The van der Waals surface area contributed by atoms with Gasteiger partial charge < -0.3 is 20.4 Å². The Morgan fingerprint density at radius 2 is 1.58 bits per heavy atom. The number of rotatable bonds is 4. The highest BCUT2D eigenvalue weighted by Crippen LogP contribution is 2.06. The van der Waals surface area contributed by atoms with Crippen molar-refractivity contribution in [3.05, 3.63) is 0 Å². The quantitative estimate of drug-likeness (QED) is 0.400. The van der Waals surface area contributed by atoms with Crippen LogP contribution in [-0.4, -0.2) is 50.1 Å². The van der Waals surface area contributed by atoms with Crippen molar-refractivity contribution in [3.63, 3.8) is 0 Å². The summed E-state index contributed by atoms with van der Waals surface area (Å²) in [6.45, 7) is 1.21. The molecule has 4 atom stereocenters. The molecule has 0 saturated carbocycles. The Balaban J connectivity index is 4.18. The van der Waals surface area contributed by atoms with Crippen molar-refractivity contribution < 1.29 is 25.2 Å². The third kappa shape index (κ3) is 3.04. The van der Waals surface area contributed by atoms with Gasteiger partial charge in [-0.1, -0.05) is 0 Å². The molecular weight excluding hydrogens is 188 g/mol. The van der Waals surface area contributed by atoms with Gasteiger partial charge in [0.15, 0.2) is 6.10 Å². The summed E-state index contributed by atoms with van der Waals surface area (Å²) in [7, 11) is 0. The average Bonchev–Trinajstić information content (AvgIpc) is 2.00. The van der Waals surface area contributed by atoms with Crippen LogP contribution in [0.3, 0.4) is 0 Å². The topological polar surface area (TPSA) is 98.0 Å². The molecule has 6 heteroatoms. The average molecular weight is 199 g/mol. The summed E-state index contributed by atoms with van der Waals surface area (Å²) in [6.07, 6.45) is -6.49. The monoisotopic (exact) mass is 198 g/mol. The van der Waals surface area contributed by atoms with Crippen molar-refractivity contribution in [2.75, 3.05) is 0 Å². The summed E-state index contributed by atoms with van der Waals surface area (Å²) in [5.41, 5.74) is 0. The lowest BCUT2D eigenvalue weighted by Gasteiger charge is -2.22. The molecule has 0 spiro atoms. The first-order valence-corrected chi connectivity index (χ1v) is 3.67. The van der Waals surface area contributed by atoms with Crippen molar-refractivity contribution >= 4 is 16.8 Å². The second-order valence-electron chi connectivity index (χ2n) is 2.47. The fraction of sp³-hybridized carbons (Fsp3) is 0.833. The van der Waals surface area contributed by atoms with Crippen molar-refractivity contribution in [1.29, 1.82) is 0 Å². The molecule has 12 heavy (non-hydrogen) atoms. The van der Waals surface area contributed by atoms with Crippen LogP contribution >= 0.6 is 11.6 Å². The highest BCUT2D eigenvalue weighted by molar-refractivity contribution is 6.64. The molecule has 0 rings (SSSR count). The lowest BCUT2D eigenvalue weighted by molar-refractivity contribution is -0.136. The van der Waals surface area contributed by atoms with Gasteiger partial charge in [-0.05, 0) is 18.5 Å². The summed E-state index contributed by atoms with van der Waals surface area (Å²) in [6, 6.07) is 0. The van der Waals surface area contributed by atoms with Crippen LogP contribution in [0.1, 0.15) is 6.92 Å². The largest absolute Gasteiger partial charge is 0.391 e. The Kier molecular flexibility index (Phi) is 4.66. The maximum Gasteiger partial charge on any atom is 0.253 e. The van der Waals surface area contributed by atoms with Gasteiger partial charge in [0.25, 0.3) is 5.24 Å². The molecule has 0 radical (unpaired) electrons. The number of aliphatic hydroxyl groups excluding tert-OH is 4. The van der Waals surface area contributed by atoms with Crippen LogP contribution in [0.15, 0.2) is 0 Å². The normalized spacial score (nSPS) is 21.2. The van der Waals surface area contributed by atoms with E-state index in [1.807, 2.05) is 0 Å². The maximum atomic E-state index is 10.3. The summed E-state index contributed by atoms with van der Waals surface area (Å²) in [5, 5.41) is 34.3. The molecule has 0 heterocycles. The first-order chi connectivity index (χ1) is 5.37. The van der Waals surface area contributed by atoms with Crippen molar-refractivity contribution in [2.24, 2.45) is 0 Å². The molecule has 0 saturated heterocycles. The van der Waals surface area contributed by atoms with Crippen LogP contribution in [0.25, 0.3) is 0 Å². The van der Waals surface area contributed by atoms with Crippen LogP contribution < -0.4 is 0 Å². The molecular formula is C6H11ClO5. The van der Waals surface area contributed by atoms with E-state index in [-0.39, 0.29) is 0 Å². The van der Waals surface area contributed by atoms with Crippen molar-refractivity contribution in [1.82, 2.24) is 0 Å². The first kappa shape index (κ1) is 11.8. The third-order valence-electron chi connectivity index (χ3n) is 1.40. The maximum absolute atomic E-state index is 10.3. The zero-order valence-corrected chi connectivity index (χ0v) is 7.14. The molecule has 5 nitrogen and oxygen atoms in total. The van der Waals surface area contributed by atoms with Gasteiger partial charge in [-0.25, -0.2) is 0 Å². The SMILES string of the molecule is C[C@H](O)[C@@H](O)[C@@H](O)[C@H](O)C(=O)Cl. The van der Waals surface area contributed by atoms with Crippen molar-refractivity contribution in [3.8, 4) is 0 Å². The van der Waals surface area contributed by atoms with E-state index in [9.17, 15) is 4.79 Å². The lowest BCUT2D eigenvalue weighted by Crippen LogP contribution is -2.45. The summed E-state index contributed by atoms with van der Waals surface area (Å²) < 4.78 is 0. The van der Waals surface area contributed by atoms with Gasteiger partial charge >= 0.3 is 0 Å². The number of carbonyl (C=O) groups excluding carboxylic acids is 1. The highest BCUT2D eigenvalue weighted by atomic mass is 35.5. The molecule has 0 amide bonds. The minimum Gasteiger partial charge on any atom is -0.391 e. The van der Waals surface area contributed by atoms with E-state index >= 15 is 0 Å². The highest BCUT2D eigenvalue weighted by Gasteiger charge is 2.31. The lowest BCUT2D eigenvalue weighted by atomic mass is 10.1. The second kappa shape index (κ2) is 4.74. The number of hydrogen-bond acceptors (Lipinski definition) is 5. The van der Waals surface area contributed by atoms with Gasteiger partial charge in [0.2, 0.25) is 0 Å². The second-order valence-corrected chi connectivity index (χ2v) is 2.84. The van der Waals surface area contributed by atoms with Gasteiger partial charge in [-0.15, -0.1) is 0 Å². The fourth-order valence-electron chi connectivity index (χ4n) is 0.606. The molecule has 0 aromatic heterocycles. The zero-order chi connectivity index (χ0) is 9.89. The molecule has 0 bridgehead atoms. The van der Waals surface area contributed by atoms with Gasteiger partial charge in [-0.3, -0.25) is 4.79 Å².